The Morgan fingerprint density at radius 1 is 0.630 bits per heavy atom. The van der Waals surface area contributed by atoms with E-state index >= 15 is 0 Å². The number of halogens is 1. The van der Waals surface area contributed by atoms with Gasteiger partial charge in [-0.2, -0.15) is 5.10 Å². The zero-order valence-corrected chi connectivity index (χ0v) is 30.5. The molecule has 6 aromatic rings. The van der Waals surface area contributed by atoms with Crippen LogP contribution >= 0.6 is 11.6 Å². The van der Waals surface area contributed by atoms with Crippen molar-refractivity contribution in [1.82, 2.24) is 15.2 Å². The Hall–Kier alpha value is -5.00. The first kappa shape index (κ1) is 37.3. The lowest BCUT2D eigenvalue weighted by atomic mass is 9.89. The van der Waals surface area contributed by atoms with Gasteiger partial charge < -0.3 is 23.7 Å². The van der Waals surface area contributed by atoms with Crippen molar-refractivity contribution < 1.29 is 23.7 Å². The van der Waals surface area contributed by atoms with Gasteiger partial charge in [0.15, 0.2) is 5.82 Å². The molecule has 5 aromatic carbocycles. The number of nitrogens with one attached hydrogen (secondary N) is 1. The highest BCUT2D eigenvalue weighted by Crippen LogP contribution is 2.39. The topological polar surface area (TPSA) is 105 Å². The highest BCUT2D eigenvalue weighted by atomic mass is 35.5. The van der Waals surface area contributed by atoms with E-state index in [2.05, 4.69) is 15.2 Å². The minimum Gasteiger partial charge on any atom is -0.374 e. The second-order valence-corrected chi connectivity index (χ2v) is 13.6. The van der Waals surface area contributed by atoms with E-state index in [-0.39, 0.29) is 12.2 Å². The van der Waals surface area contributed by atoms with E-state index in [0.717, 1.165) is 33.4 Å². The molecule has 54 heavy (non-hydrogen) atoms. The van der Waals surface area contributed by atoms with Crippen molar-refractivity contribution in [3.8, 4) is 0 Å². The molecule has 1 fully saturated rings. The Bertz CT molecular complexity index is 2070. The second kappa shape index (κ2) is 18.9. The average molecular weight is 744 g/mol. The predicted octanol–water partition coefficient (Wildman–Crippen LogP) is 7.82. The maximum Gasteiger partial charge on any atom is 0.282 e. The summed E-state index contributed by atoms with van der Waals surface area (Å²) in [5.41, 5.74) is 5.35. The summed E-state index contributed by atoms with van der Waals surface area (Å²) in [6.07, 6.45) is -1.40. The van der Waals surface area contributed by atoms with Crippen molar-refractivity contribution in [2.24, 2.45) is 0 Å². The number of hydrogen-bond donors (Lipinski definition) is 1. The van der Waals surface area contributed by atoms with E-state index in [1.54, 1.807) is 0 Å². The molecule has 5 unspecified atom stereocenters. The van der Waals surface area contributed by atoms with Gasteiger partial charge in [0.2, 0.25) is 0 Å². The smallest absolute Gasteiger partial charge is 0.282 e. The molecule has 9 nitrogen and oxygen atoms in total. The maximum atomic E-state index is 11.6. The zero-order chi connectivity index (χ0) is 37.0. The molecule has 5 atom stereocenters. The SMILES string of the molecule is O=c1cnc(Cc2cc(C3OC(COCc4ccccc4)C(OCc4ccccc4)C(OCc4ccccc4)C3OCc3ccccc3)ccc2Cl)n[nH]1. The molecule has 0 aliphatic carbocycles. The Morgan fingerprint density at radius 2 is 1.15 bits per heavy atom. The van der Waals surface area contributed by atoms with E-state index in [4.69, 9.17) is 35.3 Å². The van der Waals surface area contributed by atoms with Gasteiger partial charge >= 0.3 is 0 Å². The summed E-state index contributed by atoms with van der Waals surface area (Å²) in [6, 6.07) is 46.0. The lowest BCUT2D eigenvalue weighted by Gasteiger charge is -2.46. The summed E-state index contributed by atoms with van der Waals surface area (Å²) >= 11 is 6.75. The van der Waals surface area contributed by atoms with Crippen LogP contribution in [0.15, 0.2) is 151 Å². The predicted molar refractivity (Wildman–Crippen MR) is 206 cm³/mol. The third-order valence-corrected chi connectivity index (χ3v) is 9.62. The van der Waals surface area contributed by atoms with Crippen molar-refractivity contribution >= 4 is 11.6 Å². The summed E-state index contributed by atoms with van der Waals surface area (Å²) in [5, 5.41) is 7.10. The fourth-order valence-electron chi connectivity index (χ4n) is 6.53. The summed E-state index contributed by atoms with van der Waals surface area (Å²) in [6.45, 7) is 1.65. The summed E-state index contributed by atoms with van der Waals surface area (Å²) in [7, 11) is 0. The van der Waals surface area contributed by atoms with Gasteiger partial charge in [-0.25, -0.2) is 10.1 Å². The standard InChI is InChI=1S/C44H42ClN3O6/c45-37-22-21-35(23-36(37)24-39-46-25-40(49)48-47-39)41-43(52-28-33-17-9-3-10-18-33)44(53-29-34-19-11-4-12-20-34)42(51-27-32-15-7-2-8-16-32)38(54-41)30-50-26-31-13-5-1-6-14-31/h1-23,25,38,41-44H,24,26-30H2,(H,48,49). The monoisotopic (exact) mass is 743 g/mol. The van der Waals surface area contributed by atoms with E-state index in [1.165, 1.54) is 6.20 Å². The van der Waals surface area contributed by atoms with Gasteiger partial charge in [0, 0.05) is 11.4 Å². The molecule has 0 saturated carbocycles. The van der Waals surface area contributed by atoms with Crippen molar-refractivity contribution in [1.29, 1.82) is 0 Å². The Balaban J connectivity index is 1.26. The maximum absolute atomic E-state index is 11.6. The molecule has 276 valence electrons. The lowest BCUT2D eigenvalue weighted by molar-refractivity contribution is -0.275. The zero-order valence-electron chi connectivity index (χ0n) is 29.7. The Labute approximate surface area is 319 Å². The van der Waals surface area contributed by atoms with Crippen LogP contribution in [-0.4, -0.2) is 46.2 Å². The van der Waals surface area contributed by atoms with E-state index in [9.17, 15) is 4.79 Å². The average Bonchev–Trinajstić information content (AvgIpc) is 3.22. The van der Waals surface area contributed by atoms with Crippen LogP contribution in [0.4, 0.5) is 0 Å². The molecule has 0 radical (unpaired) electrons. The third-order valence-electron chi connectivity index (χ3n) is 9.26. The quantitative estimate of drug-likeness (QED) is 0.107. The lowest BCUT2D eigenvalue weighted by Crippen LogP contribution is -2.58. The molecule has 0 spiro atoms. The molecule has 1 N–H and O–H groups in total. The number of H-pyrrole nitrogens is 1. The number of ether oxygens (including phenoxy) is 5. The first-order chi connectivity index (χ1) is 26.6. The van der Waals surface area contributed by atoms with Crippen LogP contribution in [0.25, 0.3) is 0 Å². The molecule has 0 amide bonds. The number of aromatic amines is 1. The molecule has 1 aliphatic heterocycles. The van der Waals surface area contributed by atoms with Gasteiger partial charge in [-0.1, -0.05) is 145 Å². The fourth-order valence-corrected chi connectivity index (χ4v) is 6.72. The molecular formula is C44H42ClN3O6. The van der Waals surface area contributed by atoms with Crippen LogP contribution in [0, 0.1) is 0 Å². The number of aromatic nitrogens is 3. The van der Waals surface area contributed by atoms with Gasteiger partial charge in [0.25, 0.3) is 5.56 Å². The number of nitrogens with zero attached hydrogens (tertiary/aromatic N) is 2. The van der Waals surface area contributed by atoms with Crippen molar-refractivity contribution in [3.63, 3.8) is 0 Å². The molecule has 1 aromatic heterocycles. The third kappa shape index (κ3) is 10.1. The minimum atomic E-state index is -0.613. The van der Waals surface area contributed by atoms with E-state index in [0.29, 0.717) is 43.7 Å². The number of benzene rings is 5. The van der Waals surface area contributed by atoms with E-state index < -0.39 is 30.5 Å². The van der Waals surface area contributed by atoms with Gasteiger partial charge in [-0.05, 0) is 39.4 Å². The number of hydrogen-bond acceptors (Lipinski definition) is 8. The van der Waals surface area contributed by atoms with Gasteiger partial charge in [-0.3, -0.25) is 4.79 Å². The summed E-state index contributed by atoms with van der Waals surface area (Å²) < 4.78 is 34.0. The molecule has 7 rings (SSSR count). The Morgan fingerprint density at radius 3 is 1.69 bits per heavy atom. The minimum absolute atomic E-state index is 0.243. The fraction of sp³-hybridized carbons (Fsp3) is 0.250. The highest BCUT2D eigenvalue weighted by Gasteiger charge is 2.49. The molecule has 0 bridgehead atoms. The summed E-state index contributed by atoms with van der Waals surface area (Å²) in [4.78, 5) is 15.9. The second-order valence-electron chi connectivity index (χ2n) is 13.2. The highest BCUT2D eigenvalue weighted by molar-refractivity contribution is 6.31. The molecule has 1 saturated heterocycles. The molecule has 1 aliphatic rings. The molecule has 2 heterocycles. The van der Waals surface area contributed by atoms with Crippen LogP contribution in [0.2, 0.25) is 5.02 Å². The number of rotatable bonds is 16. The molecule has 10 heteroatoms. The van der Waals surface area contributed by atoms with Gasteiger partial charge in [-0.15, -0.1) is 0 Å². The van der Waals surface area contributed by atoms with Crippen LogP contribution in [-0.2, 0) is 56.5 Å². The normalized spacial score (nSPS) is 19.8. The Kier molecular flexibility index (Phi) is 13.0. The van der Waals surface area contributed by atoms with Crippen LogP contribution < -0.4 is 5.56 Å². The molecular weight excluding hydrogens is 702 g/mol. The van der Waals surface area contributed by atoms with Gasteiger partial charge in [0.05, 0.1) is 39.2 Å². The van der Waals surface area contributed by atoms with Crippen molar-refractivity contribution in [2.45, 2.75) is 63.4 Å². The van der Waals surface area contributed by atoms with Crippen LogP contribution in [0.5, 0.6) is 0 Å². The first-order valence-electron chi connectivity index (χ1n) is 18.0. The van der Waals surface area contributed by atoms with Crippen molar-refractivity contribution in [2.75, 3.05) is 6.61 Å². The van der Waals surface area contributed by atoms with Crippen LogP contribution in [0.3, 0.4) is 0 Å². The largest absolute Gasteiger partial charge is 0.374 e. The summed E-state index contributed by atoms with van der Waals surface area (Å²) in [5.74, 6) is 0.431. The van der Waals surface area contributed by atoms with E-state index in [1.807, 2.05) is 140 Å². The first-order valence-corrected chi connectivity index (χ1v) is 18.4. The van der Waals surface area contributed by atoms with Crippen molar-refractivity contribution in [3.05, 3.63) is 200 Å². The van der Waals surface area contributed by atoms with Gasteiger partial charge in [0.1, 0.15) is 30.5 Å². The van der Waals surface area contributed by atoms with Crippen LogP contribution in [0.1, 0.15) is 45.3 Å².